The lowest BCUT2D eigenvalue weighted by atomic mass is 10.1. The van der Waals surface area contributed by atoms with Crippen LogP contribution in [-0.4, -0.2) is 32.8 Å². The Morgan fingerprint density at radius 1 is 1.21 bits per heavy atom. The Morgan fingerprint density at radius 2 is 2.00 bits per heavy atom. The SMILES string of the molecule is Cc1noc([C@H]2C[C@H](O)CN2Cc2cc3cc(C)c(C)cc3o2)n1. The van der Waals surface area contributed by atoms with E-state index in [2.05, 4.69) is 47.1 Å². The Morgan fingerprint density at radius 3 is 2.75 bits per heavy atom. The highest BCUT2D eigenvalue weighted by Gasteiger charge is 2.36. The molecule has 0 amide bonds. The second-order valence-electron chi connectivity index (χ2n) is 6.70. The molecule has 1 aromatic carbocycles. The number of hydrogen-bond donors (Lipinski definition) is 1. The van der Waals surface area contributed by atoms with Crippen molar-refractivity contribution in [3.63, 3.8) is 0 Å². The minimum atomic E-state index is -0.393. The standard InChI is InChI=1S/C18H21N3O3/c1-10-4-13-6-15(23-17(13)5-11(10)2)9-21-8-14(22)7-16(21)18-19-12(3)20-24-18/h4-6,14,16,22H,7-9H2,1-3H3/t14-,16+/m0/s1. The van der Waals surface area contributed by atoms with Crippen molar-refractivity contribution in [3.8, 4) is 0 Å². The van der Waals surface area contributed by atoms with Crippen LogP contribution in [0, 0.1) is 20.8 Å². The van der Waals surface area contributed by atoms with E-state index < -0.39 is 6.10 Å². The quantitative estimate of drug-likeness (QED) is 0.797. The largest absolute Gasteiger partial charge is 0.460 e. The van der Waals surface area contributed by atoms with Crippen LogP contribution in [0.4, 0.5) is 0 Å². The Labute approximate surface area is 140 Å². The van der Waals surface area contributed by atoms with Crippen LogP contribution in [0.5, 0.6) is 0 Å². The van der Waals surface area contributed by atoms with E-state index in [0.29, 0.717) is 31.2 Å². The lowest BCUT2D eigenvalue weighted by molar-refractivity contribution is 0.164. The fourth-order valence-electron chi connectivity index (χ4n) is 3.39. The number of furan rings is 1. The van der Waals surface area contributed by atoms with Crippen molar-refractivity contribution in [2.24, 2.45) is 0 Å². The van der Waals surface area contributed by atoms with Crippen LogP contribution in [0.1, 0.15) is 41.1 Å². The van der Waals surface area contributed by atoms with Crippen molar-refractivity contribution in [1.29, 1.82) is 0 Å². The molecule has 0 bridgehead atoms. The van der Waals surface area contributed by atoms with Gasteiger partial charge in [0.25, 0.3) is 0 Å². The van der Waals surface area contributed by atoms with E-state index in [-0.39, 0.29) is 6.04 Å². The zero-order chi connectivity index (χ0) is 16.8. The second kappa shape index (κ2) is 5.72. The van der Waals surface area contributed by atoms with Crippen molar-refractivity contribution in [3.05, 3.63) is 46.8 Å². The lowest BCUT2D eigenvalue weighted by Gasteiger charge is -2.19. The molecule has 1 aliphatic heterocycles. The molecule has 0 aliphatic carbocycles. The van der Waals surface area contributed by atoms with Crippen LogP contribution >= 0.6 is 0 Å². The molecule has 0 spiro atoms. The summed E-state index contributed by atoms with van der Waals surface area (Å²) in [4.78, 5) is 6.46. The zero-order valence-electron chi connectivity index (χ0n) is 14.1. The molecule has 2 aromatic heterocycles. The van der Waals surface area contributed by atoms with E-state index in [1.54, 1.807) is 6.92 Å². The Bertz CT molecular complexity index is 844. The molecule has 24 heavy (non-hydrogen) atoms. The number of nitrogens with zero attached hydrogens (tertiary/aromatic N) is 3. The predicted octanol–water partition coefficient (Wildman–Crippen LogP) is 3.05. The van der Waals surface area contributed by atoms with Crippen molar-refractivity contribution in [2.45, 2.75) is 45.9 Å². The van der Waals surface area contributed by atoms with E-state index in [9.17, 15) is 5.11 Å². The average molecular weight is 327 g/mol. The van der Waals surface area contributed by atoms with E-state index in [1.165, 1.54) is 11.1 Å². The number of aliphatic hydroxyl groups excluding tert-OH is 1. The van der Waals surface area contributed by atoms with Gasteiger partial charge < -0.3 is 14.0 Å². The minimum absolute atomic E-state index is 0.0714. The first-order chi connectivity index (χ1) is 11.5. The first-order valence-corrected chi connectivity index (χ1v) is 8.21. The lowest BCUT2D eigenvalue weighted by Crippen LogP contribution is -2.24. The first-order valence-electron chi connectivity index (χ1n) is 8.21. The summed E-state index contributed by atoms with van der Waals surface area (Å²) in [5.74, 6) is 2.05. The van der Waals surface area contributed by atoms with Crippen LogP contribution in [0.2, 0.25) is 0 Å². The molecule has 1 N–H and O–H groups in total. The summed E-state index contributed by atoms with van der Waals surface area (Å²) in [6, 6.07) is 6.22. The maximum Gasteiger partial charge on any atom is 0.244 e. The number of likely N-dealkylation sites (tertiary alicyclic amines) is 1. The Hall–Kier alpha value is -2.18. The molecule has 4 rings (SSSR count). The smallest absolute Gasteiger partial charge is 0.244 e. The molecule has 6 nitrogen and oxygen atoms in total. The minimum Gasteiger partial charge on any atom is -0.460 e. The normalized spacial score (nSPS) is 21.8. The number of benzene rings is 1. The molecule has 1 aliphatic rings. The van der Waals surface area contributed by atoms with Crippen molar-refractivity contribution in [1.82, 2.24) is 15.0 Å². The topological polar surface area (TPSA) is 75.5 Å². The van der Waals surface area contributed by atoms with Gasteiger partial charge in [-0.25, -0.2) is 0 Å². The molecule has 1 fully saturated rings. The van der Waals surface area contributed by atoms with Crippen LogP contribution < -0.4 is 0 Å². The summed E-state index contributed by atoms with van der Waals surface area (Å²) < 4.78 is 11.3. The molecule has 0 saturated carbocycles. The summed E-state index contributed by atoms with van der Waals surface area (Å²) in [5, 5.41) is 15.0. The van der Waals surface area contributed by atoms with Gasteiger partial charge in [0.2, 0.25) is 5.89 Å². The first kappa shape index (κ1) is 15.4. The van der Waals surface area contributed by atoms with Gasteiger partial charge in [-0.2, -0.15) is 4.98 Å². The summed E-state index contributed by atoms with van der Waals surface area (Å²) in [6.07, 6.45) is 0.205. The maximum atomic E-state index is 10.1. The van der Waals surface area contributed by atoms with Gasteiger partial charge in [-0.3, -0.25) is 4.90 Å². The highest BCUT2D eigenvalue weighted by atomic mass is 16.5. The molecule has 0 unspecified atom stereocenters. The molecular formula is C18H21N3O3. The molecule has 2 atom stereocenters. The average Bonchev–Trinajstić information content (AvgIpc) is 3.19. The number of fused-ring (bicyclic) bond motifs is 1. The number of β-amino-alcohol motifs (C(OH)–C–C–N with tert-alkyl or cyclic N) is 1. The molecule has 1 saturated heterocycles. The number of hydrogen-bond acceptors (Lipinski definition) is 6. The van der Waals surface area contributed by atoms with Gasteiger partial charge in [-0.1, -0.05) is 5.16 Å². The van der Waals surface area contributed by atoms with Gasteiger partial charge in [0, 0.05) is 11.9 Å². The fraction of sp³-hybridized carbons (Fsp3) is 0.444. The van der Waals surface area contributed by atoms with Gasteiger partial charge in [-0.15, -0.1) is 0 Å². The highest BCUT2D eigenvalue weighted by molar-refractivity contribution is 5.79. The maximum absolute atomic E-state index is 10.1. The highest BCUT2D eigenvalue weighted by Crippen LogP contribution is 2.33. The van der Waals surface area contributed by atoms with Gasteiger partial charge in [-0.05, 0) is 56.5 Å². The zero-order valence-corrected chi connectivity index (χ0v) is 14.1. The van der Waals surface area contributed by atoms with Crippen molar-refractivity contribution < 1.29 is 14.0 Å². The van der Waals surface area contributed by atoms with Gasteiger partial charge in [0.1, 0.15) is 11.3 Å². The summed E-state index contributed by atoms with van der Waals surface area (Å²) in [7, 11) is 0. The molecule has 6 heteroatoms. The van der Waals surface area contributed by atoms with Crippen LogP contribution in [-0.2, 0) is 6.54 Å². The Balaban J connectivity index is 1.61. The molecule has 3 heterocycles. The van der Waals surface area contributed by atoms with E-state index >= 15 is 0 Å². The van der Waals surface area contributed by atoms with E-state index in [1.807, 2.05) is 0 Å². The second-order valence-corrected chi connectivity index (χ2v) is 6.70. The van der Waals surface area contributed by atoms with E-state index in [0.717, 1.165) is 16.7 Å². The number of aryl methyl sites for hydroxylation is 3. The Kier molecular flexibility index (Phi) is 3.66. The van der Waals surface area contributed by atoms with Gasteiger partial charge in [0.15, 0.2) is 5.82 Å². The number of aromatic nitrogens is 2. The number of rotatable bonds is 3. The van der Waals surface area contributed by atoms with Crippen LogP contribution in [0.25, 0.3) is 11.0 Å². The van der Waals surface area contributed by atoms with E-state index in [4.69, 9.17) is 8.94 Å². The molecular weight excluding hydrogens is 306 g/mol. The third-order valence-corrected chi connectivity index (χ3v) is 4.75. The fourth-order valence-corrected chi connectivity index (χ4v) is 3.39. The summed E-state index contributed by atoms with van der Waals surface area (Å²) in [6.45, 7) is 7.16. The number of aliphatic hydroxyl groups is 1. The molecule has 126 valence electrons. The van der Waals surface area contributed by atoms with Crippen molar-refractivity contribution in [2.75, 3.05) is 6.54 Å². The summed E-state index contributed by atoms with van der Waals surface area (Å²) >= 11 is 0. The third kappa shape index (κ3) is 2.72. The van der Waals surface area contributed by atoms with Crippen LogP contribution in [0.15, 0.2) is 27.1 Å². The van der Waals surface area contributed by atoms with Crippen LogP contribution in [0.3, 0.4) is 0 Å². The third-order valence-electron chi connectivity index (χ3n) is 4.75. The monoisotopic (exact) mass is 327 g/mol. The van der Waals surface area contributed by atoms with Gasteiger partial charge >= 0.3 is 0 Å². The molecule has 3 aromatic rings. The molecule has 0 radical (unpaired) electrons. The van der Waals surface area contributed by atoms with Crippen molar-refractivity contribution >= 4 is 11.0 Å². The van der Waals surface area contributed by atoms with Gasteiger partial charge in [0.05, 0.1) is 18.7 Å². The predicted molar refractivity (Wildman–Crippen MR) is 88.5 cm³/mol. The summed E-state index contributed by atoms with van der Waals surface area (Å²) in [5.41, 5.74) is 3.38.